The first-order chi connectivity index (χ1) is 21.4. The smallest absolute Gasteiger partial charge is 0.340 e. The van der Waals surface area contributed by atoms with Gasteiger partial charge in [-0.05, 0) is 65.8 Å². The number of nitrogens with zero attached hydrogens (tertiary/aromatic N) is 3. The maximum absolute atomic E-state index is 13.5. The number of fused-ring (bicyclic) bond motifs is 2. The lowest BCUT2D eigenvalue weighted by atomic mass is 9.98. The number of H-pyrrole nitrogens is 2. The number of aromatic nitrogens is 5. The van der Waals surface area contributed by atoms with E-state index in [9.17, 15) is 18.9 Å². The number of hydrogen-bond donors (Lipinski definition) is 3. The number of aromatic amines is 2. The van der Waals surface area contributed by atoms with Gasteiger partial charge in [-0.2, -0.15) is 0 Å². The first-order valence-electron chi connectivity index (χ1n) is 14.4. The van der Waals surface area contributed by atoms with E-state index >= 15 is 0 Å². The molecule has 3 heterocycles. The molecule has 0 amide bonds. The van der Waals surface area contributed by atoms with Gasteiger partial charge < -0.3 is 32.6 Å². The van der Waals surface area contributed by atoms with E-state index in [0.717, 1.165) is 16.6 Å². The van der Waals surface area contributed by atoms with Gasteiger partial charge >= 0.3 is 25.2 Å². The van der Waals surface area contributed by atoms with Gasteiger partial charge in [0.15, 0.2) is 6.33 Å². The standard InChI is InChI=1S/C30H38ClN6O8P.ClH/c1-29(2,3)26(39)42-17-44-46(41,45-18-43-27(40)30(4,5)6)12-8-7-11-36-16-37(23-24(36)34-28(32)35-25(23)38)15-21-14-19-13-20(31)9-10-22(19)33-21;/h7-10,13-14,16,33H,11-12,15,17-18H2,1-6H3,(H2-,32,34,35,38);1H/b8-7-;. The van der Waals surface area contributed by atoms with Gasteiger partial charge in [0.05, 0.1) is 29.2 Å². The van der Waals surface area contributed by atoms with E-state index in [1.165, 1.54) is 0 Å². The summed E-state index contributed by atoms with van der Waals surface area (Å²) in [6.45, 7) is 9.30. The zero-order chi connectivity index (χ0) is 33.9. The van der Waals surface area contributed by atoms with Crippen LogP contribution < -0.4 is 28.3 Å². The molecule has 0 saturated heterocycles. The summed E-state index contributed by atoms with van der Waals surface area (Å²) in [5.74, 6) is -1.16. The number of halogens is 2. The first kappa shape index (κ1) is 37.8. The second kappa shape index (κ2) is 15.0. The fourth-order valence-electron chi connectivity index (χ4n) is 4.19. The Morgan fingerprint density at radius 3 is 2.23 bits per heavy atom. The number of carbonyl (C=O) groups is 2. The van der Waals surface area contributed by atoms with Crippen LogP contribution in [-0.4, -0.2) is 51.2 Å². The Kier molecular flexibility index (Phi) is 12.1. The molecule has 0 bridgehead atoms. The highest BCUT2D eigenvalue weighted by molar-refractivity contribution is 7.54. The molecule has 0 radical (unpaired) electrons. The number of carbonyl (C=O) groups excluding carboxylic acids is 2. The molecular weight excluding hydrogens is 674 g/mol. The Labute approximate surface area is 282 Å². The normalized spacial score (nSPS) is 12.5. The summed E-state index contributed by atoms with van der Waals surface area (Å²) in [6.07, 6.45) is 4.71. The zero-order valence-corrected chi connectivity index (χ0v) is 29.4. The van der Waals surface area contributed by atoms with Crippen molar-refractivity contribution in [1.82, 2.24) is 19.5 Å². The summed E-state index contributed by atoms with van der Waals surface area (Å²) in [6, 6.07) is 7.47. The van der Waals surface area contributed by atoms with Crippen LogP contribution in [0.2, 0.25) is 5.02 Å². The molecule has 0 saturated carbocycles. The number of allylic oxidation sites excluding steroid dienone is 2. The monoisotopic (exact) mass is 712 g/mol. The number of benzene rings is 1. The highest BCUT2D eigenvalue weighted by atomic mass is 35.5. The fourth-order valence-corrected chi connectivity index (χ4v) is 5.49. The quantitative estimate of drug-likeness (QED) is 0.0642. The number of nitrogens with two attached hydrogens (primary N) is 1. The van der Waals surface area contributed by atoms with Crippen LogP contribution in [0.5, 0.6) is 0 Å². The Morgan fingerprint density at radius 2 is 1.64 bits per heavy atom. The molecule has 4 rings (SSSR count). The Balaban J connectivity index is 0.00000600. The highest BCUT2D eigenvalue weighted by Gasteiger charge is 2.29. The Hall–Kier alpha value is -3.68. The number of anilines is 1. The third-order valence-corrected chi connectivity index (χ3v) is 8.50. The molecule has 14 nitrogen and oxygen atoms in total. The van der Waals surface area contributed by atoms with Crippen LogP contribution >= 0.6 is 19.2 Å². The van der Waals surface area contributed by atoms with E-state index in [1.807, 2.05) is 18.2 Å². The minimum atomic E-state index is -3.94. The van der Waals surface area contributed by atoms with E-state index in [0.29, 0.717) is 22.7 Å². The molecule has 3 aromatic heterocycles. The number of nitrogen functional groups attached to an aromatic ring is 1. The van der Waals surface area contributed by atoms with E-state index in [1.54, 1.807) is 75.2 Å². The summed E-state index contributed by atoms with van der Waals surface area (Å²) < 4.78 is 37.9. The van der Waals surface area contributed by atoms with Gasteiger partial charge in [0.25, 0.3) is 11.5 Å². The van der Waals surface area contributed by atoms with Gasteiger partial charge in [0.1, 0.15) is 6.54 Å². The van der Waals surface area contributed by atoms with Gasteiger partial charge in [-0.1, -0.05) is 28.7 Å². The lowest BCUT2D eigenvalue weighted by molar-refractivity contribution is -0.663. The molecule has 0 aliphatic carbocycles. The molecule has 0 aliphatic rings. The molecule has 4 aromatic rings. The molecular formula is C30H39Cl2N6O8P. The van der Waals surface area contributed by atoms with E-state index in [4.69, 9.17) is 35.9 Å². The van der Waals surface area contributed by atoms with Gasteiger partial charge in [-0.3, -0.25) is 33.0 Å². The number of rotatable bonds is 12. The van der Waals surface area contributed by atoms with E-state index in [2.05, 4.69) is 15.0 Å². The number of esters is 2. The van der Waals surface area contributed by atoms with Gasteiger partial charge in [0, 0.05) is 15.9 Å². The number of nitrogens with one attached hydrogen (secondary N) is 2. The summed E-state index contributed by atoms with van der Waals surface area (Å²) in [5, 5.41) is 1.55. The molecule has 256 valence electrons. The van der Waals surface area contributed by atoms with Crippen LogP contribution in [0.3, 0.4) is 0 Å². The topological polar surface area (TPSA) is 184 Å². The average molecular weight is 714 g/mol. The minimum Gasteiger partial charge on any atom is -1.00 e. The van der Waals surface area contributed by atoms with Crippen LogP contribution in [0.1, 0.15) is 47.2 Å². The summed E-state index contributed by atoms with van der Waals surface area (Å²) in [7, 11) is -3.94. The van der Waals surface area contributed by atoms with E-state index in [-0.39, 0.29) is 31.1 Å². The van der Waals surface area contributed by atoms with Crippen LogP contribution in [-0.2, 0) is 45.8 Å². The number of ether oxygens (including phenoxy) is 2. The molecule has 1 aromatic carbocycles. The largest absolute Gasteiger partial charge is 1.00 e. The highest BCUT2D eigenvalue weighted by Crippen LogP contribution is 2.48. The third-order valence-electron chi connectivity index (χ3n) is 6.61. The SMILES string of the molecule is CC(C)(C)C(=O)OCOP(=O)(C/C=C\C[n+]1cn(Cc2cc3cc(Cl)ccc3[nH]2)c2c(=O)[nH]c(N)nc21)OCOC(=O)C(C)(C)C.[Cl-]. The van der Waals surface area contributed by atoms with Crippen LogP contribution in [0.4, 0.5) is 5.95 Å². The molecule has 0 aliphatic heterocycles. The lowest BCUT2D eigenvalue weighted by Crippen LogP contribution is -3.00. The van der Waals surface area contributed by atoms with Crippen molar-refractivity contribution >= 4 is 59.2 Å². The summed E-state index contributed by atoms with van der Waals surface area (Å²) in [5.41, 5.74) is 6.22. The van der Waals surface area contributed by atoms with Crippen LogP contribution in [0, 0.1) is 10.8 Å². The van der Waals surface area contributed by atoms with Crippen LogP contribution in [0.25, 0.3) is 22.1 Å². The van der Waals surface area contributed by atoms with Crippen molar-refractivity contribution in [2.45, 2.75) is 54.6 Å². The second-order valence-corrected chi connectivity index (χ2v) is 15.2. The first-order valence-corrected chi connectivity index (χ1v) is 16.5. The van der Waals surface area contributed by atoms with Crippen molar-refractivity contribution < 1.29 is 49.6 Å². The van der Waals surface area contributed by atoms with Gasteiger partial charge in [0.2, 0.25) is 19.1 Å². The van der Waals surface area contributed by atoms with Crippen molar-refractivity contribution in [2.75, 3.05) is 25.5 Å². The molecule has 0 fully saturated rings. The minimum absolute atomic E-state index is 0. The Bertz CT molecular complexity index is 1850. The predicted molar refractivity (Wildman–Crippen MR) is 172 cm³/mol. The van der Waals surface area contributed by atoms with Crippen molar-refractivity contribution in [1.29, 1.82) is 0 Å². The van der Waals surface area contributed by atoms with Crippen molar-refractivity contribution in [3.8, 4) is 0 Å². The molecule has 47 heavy (non-hydrogen) atoms. The molecule has 0 spiro atoms. The van der Waals surface area contributed by atoms with Crippen molar-refractivity contribution in [2.24, 2.45) is 10.8 Å². The van der Waals surface area contributed by atoms with Gasteiger partial charge in [-0.25, -0.2) is 9.13 Å². The molecule has 4 N–H and O–H groups in total. The predicted octanol–water partition coefficient (Wildman–Crippen LogP) is 1.66. The van der Waals surface area contributed by atoms with Crippen LogP contribution in [0.15, 0.2) is 47.5 Å². The lowest BCUT2D eigenvalue weighted by Gasteiger charge is -2.21. The number of hydrogen-bond acceptors (Lipinski definition) is 10. The van der Waals surface area contributed by atoms with E-state index < -0.39 is 49.5 Å². The maximum atomic E-state index is 13.5. The Morgan fingerprint density at radius 1 is 1.02 bits per heavy atom. The fraction of sp³-hybridized carbons (Fsp3) is 0.433. The molecule has 0 unspecified atom stereocenters. The van der Waals surface area contributed by atoms with Gasteiger partial charge in [-0.15, -0.1) is 0 Å². The number of imidazole rings is 1. The van der Waals surface area contributed by atoms with Crippen molar-refractivity contribution in [3.63, 3.8) is 0 Å². The zero-order valence-electron chi connectivity index (χ0n) is 27.0. The second-order valence-electron chi connectivity index (χ2n) is 12.7. The third kappa shape index (κ3) is 9.91. The molecule has 0 atom stereocenters. The summed E-state index contributed by atoms with van der Waals surface area (Å²) >= 11 is 6.13. The average Bonchev–Trinajstić information content (AvgIpc) is 3.50. The van der Waals surface area contributed by atoms with Crippen molar-refractivity contribution in [3.05, 3.63) is 63.8 Å². The summed E-state index contributed by atoms with van der Waals surface area (Å²) in [4.78, 5) is 47.4. The molecule has 17 heteroatoms. The maximum Gasteiger partial charge on any atom is 0.340 e.